The first-order valence-electron chi connectivity index (χ1n) is 7.49. The highest BCUT2D eigenvalue weighted by Gasteiger charge is 2.12. The molecule has 20 heavy (non-hydrogen) atoms. The van der Waals surface area contributed by atoms with E-state index >= 15 is 0 Å². The number of pyridine rings is 1. The van der Waals surface area contributed by atoms with Crippen LogP contribution in [0.3, 0.4) is 0 Å². The summed E-state index contributed by atoms with van der Waals surface area (Å²) in [4.78, 5) is 4.27. The van der Waals surface area contributed by atoms with Gasteiger partial charge in [0.15, 0.2) is 0 Å². The standard InChI is InChI=1S/C18H24N2/c1-3-20-18(17-14-19-13-12-15(17)2)11-7-10-16-8-5-4-6-9-16/h4-6,8-9,12-14,18,20H,3,7,10-11H2,1-2H3. The highest BCUT2D eigenvalue weighted by atomic mass is 14.9. The van der Waals surface area contributed by atoms with Gasteiger partial charge in [-0.15, -0.1) is 0 Å². The third kappa shape index (κ3) is 4.17. The van der Waals surface area contributed by atoms with Gasteiger partial charge >= 0.3 is 0 Å². The first-order valence-corrected chi connectivity index (χ1v) is 7.49. The molecule has 2 nitrogen and oxygen atoms in total. The van der Waals surface area contributed by atoms with E-state index in [1.807, 2.05) is 12.4 Å². The van der Waals surface area contributed by atoms with E-state index in [1.165, 1.54) is 23.1 Å². The number of hydrogen-bond donors (Lipinski definition) is 1. The fourth-order valence-corrected chi connectivity index (χ4v) is 2.61. The first-order chi connectivity index (χ1) is 9.81. The van der Waals surface area contributed by atoms with Gasteiger partial charge in [-0.25, -0.2) is 0 Å². The number of hydrogen-bond acceptors (Lipinski definition) is 2. The van der Waals surface area contributed by atoms with Crippen LogP contribution in [0.1, 0.15) is 42.5 Å². The molecule has 1 N–H and O–H groups in total. The second-order valence-corrected chi connectivity index (χ2v) is 5.22. The Kier molecular flexibility index (Phi) is 5.75. The van der Waals surface area contributed by atoms with Crippen molar-refractivity contribution in [3.8, 4) is 0 Å². The Bertz CT molecular complexity index is 508. The van der Waals surface area contributed by atoms with Crippen LogP contribution in [0.25, 0.3) is 0 Å². The van der Waals surface area contributed by atoms with Gasteiger partial charge in [-0.2, -0.15) is 0 Å². The molecule has 0 fully saturated rings. The van der Waals surface area contributed by atoms with Crippen molar-refractivity contribution in [2.75, 3.05) is 6.54 Å². The van der Waals surface area contributed by atoms with E-state index in [1.54, 1.807) is 0 Å². The molecule has 0 bridgehead atoms. The minimum atomic E-state index is 0.414. The third-order valence-corrected chi connectivity index (χ3v) is 3.71. The van der Waals surface area contributed by atoms with Crippen LogP contribution < -0.4 is 5.32 Å². The lowest BCUT2D eigenvalue weighted by atomic mass is 9.97. The Balaban J connectivity index is 1.95. The predicted octanol–water partition coefficient (Wildman–Crippen LogP) is 4.06. The molecular weight excluding hydrogens is 244 g/mol. The second-order valence-electron chi connectivity index (χ2n) is 5.22. The van der Waals surface area contributed by atoms with Gasteiger partial charge in [0.2, 0.25) is 0 Å². The van der Waals surface area contributed by atoms with Gasteiger partial charge < -0.3 is 5.32 Å². The quantitative estimate of drug-likeness (QED) is 0.819. The average Bonchev–Trinajstić information content (AvgIpc) is 2.48. The van der Waals surface area contributed by atoms with E-state index in [4.69, 9.17) is 0 Å². The van der Waals surface area contributed by atoms with Gasteiger partial charge in [-0.1, -0.05) is 37.3 Å². The highest BCUT2D eigenvalue weighted by molar-refractivity contribution is 5.25. The zero-order chi connectivity index (χ0) is 14.2. The van der Waals surface area contributed by atoms with Crippen LogP contribution in [0.4, 0.5) is 0 Å². The number of benzene rings is 1. The van der Waals surface area contributed by atoms with Crippen molar-refractivity contribution in [1.82, 2.24) is 10.3 Å². The Morgan fingerprint density at radius 1 is 1.15 bits per heavy atom. The zero-order valence-corrected chi connectivity index (χ0v) is 12.5. The minimum Gasteiger partial charge on any atom is -0.310 e. The lowest BCUT2D eigenvalue weighted by molar-refractivity contribution is 0.495. The predicted molar refractivity (Wildman–Crippen MR) is 84.8 cm³/mol. The molecule has 1 aromatic carbocycles. The van der Waals surface area contributed by atoms with Crippen molar-refractivity contribution < 1.29 is 0 Å². The van der Waals surface area contributed by atoms with Crippen LogP contribution in [-0.2, 0) is 6.42 Å². The van der Waals surface area contributed by atoms with E-state index in [-0.39, 0.29) is 0 Å². The van der Waals surface area contributed by atoms with Crippen molar-refractivity contribution in [2.45, 2.75) is 39.2 Å². The Labute approximate surface area is 122 Å². The maximum Gasteiger partial charge on any atom is 0.0338 e. The number of nitrogens with zero attached hydrogens (tertiary/aromatic N) is 1. The molecule has 1 atom stereocenters. The van der Waals surface area contributed by atoms with E-state index in [0.29, 0.717) is 6.04 Å². The van der Waals surface area contributed by atoms with Crippen LogP contribution in [0, 0.1) is 6.92 Å². The summed E-state index contributed by atoms with van der Waals surface area (Å²) in [6.45, 7) is 5.32. The molecule has 2 rings (SSSR count). The Hall–Kier alpha value is -1.67. The fraction of sp³-hybridized carbons (Fsp3) is 0.389. The molecule has 106 valence electrons. The summed E-state index contributed by atoms with van der Waals surface area (Å²) in [5, 5.41) is 3.59. The molecule has 1 aromatic heterocycles. The molecule has 0 amide bonds. The van der Waals surface area contributed by atoms with Crippen molar-refractivity contribution in [3.05, 3.63) is 65.5 Å². The van der Waals surface area contributed by atoms with Gasteiger partial charge in [0.05, 0.1) is 0 Å². The van der Waals surface area contributed by atoms with Crippen molar-refractivity contribution in [1.29, 1.82) is 0 Å². The lowest BCUT2D eigenvalue weighted by Crippen LogP contribution is -2.22. The maximum atomic E-state index is 4.27. The van der Waals surface area contributed by atoms with E-state index in [9.17, 15) is 0 Å². The molecule has 0 spiro atoms. The number of rotatable bonds is 7. The van der Waals surface area contributed by atoms with Crippen molar-refractivity contribution in [3.63, 3.8) is 0 Å². The lowest BCUT2D eigenvalue weighted by Gasteiger charge is -2.20. The molecule has 0 saturated carbocycles. The topological polar surface area (TPSA) is 24.9 Å². The van der Waals surface area contributed by atoms with Crippen molar-refractivity contribution >= 4 is 0 Å². The van der Waals surface area contributed by atoms with Gasteiger partial charge in [-0.05, 0) is 55.5 Å². The molecule has 0 radical (unpaired) electrons. The third-order valence-electron chi connectivity index (χ3n) is 3.71. The van der Waals surface area contributed by atoms with Crippen molar-refractivity contribution in [2.24, 2.45) is 0 Å². The summed E-state index contributed by atoms with van der Waals surface area (Å²) in [6.07, 6.45) is 7.35. The molecule has 2 aromatic rings. The summed E-state index contributed by atoms with van der Waals surface area (Å²) in [5.41, 5.74) is 4.08. The molecule has 0 aliphatic heterocycles. The maximum absolute atomic E-state index is 4.27. The van der Waals surface area contributed by atoms with Crippen LogP contribution in [0.2, 0.25) is 0 Å². The second kappa shape index (κ2) is 7.81. The van der Waals surface area contributed by atoms with Crippen LogP contribution in [-0.4, -0.2) is 11.5 Å². The average molecular weight is 268 g/mol. The first kappa shape index (κ1) is 14.7. The Morgan fingerprint density at radius 3 is 2.65 bits per heavy atom. The molecule has 2 heteroatoms. The summed E-state index contributed by atoms with van der Waals surface area (Å²) in [5.74, 6) is 0. The van der Waals surface area contributed by atoms with Gasteiger partial charge in [0.25, 0.3) is 0 Å². The van der Waals surface area contributed by atoms with E-state index in [0.717, 1.165) is 19.4 Å². The molecule has 0 aliphatic carbocycles. The largest absolute Gasteiger partial charge is 0.310 e. The smallest absolute Gasteiger partial charge is 0.0338 e. The summed E-state index contributed by atoms with van der Waals surface area (Å²) < 4.78 is 0. The van der Waals surface area contributed by atoms with Gasteiger partial charge in [0, 0.05) is 18.4 Å². The summed E-state index contributed by atoms with van der Waals surface area (Å²) in [6, 6.07) is 13.2. The van der Waals surface area contributed by atoms with Crippen LogP contribution >= 0.6 is 0 Å². The van der Waals surface area contributed by atoms with E-state index in [2.05, 4.69) is 60.5 Å². The van der Waals surface area contributed by atoms with E-state index < -0.39 is 0 Å². The highest BCUT2D eigenvalue weighted by Crippen LogP contribution is 2.22. The molecule has 1 unspecified atom stereocenters. The zero-order valence-electron chi connectivity index (χ0n) is 12.5. The molecular formula is C18H24N2. The Morgan fingerprint density at radius 2 is 1.95 bits per heavy atom. The van der Waals surface area contributed by atoms with Crippen LogP contribution in [0.15, 0.2) is 48.8 Å². The van der Waals surface area contributed by atoms with Crippen LogP contribution in [0.5, 0.6) is 0 Å². The monoisotopic (exact) mass is 268 g/mol. The molecule has 1 heterocycles. The minimum absolute atomic E-state index is 0.414. The molecule has 0 aliphatic rings. The normalized spacial score (nSPS) is 12.3. The SMILES string of the molecule is CCNC(CCCc1ccccc1)c1cnccc1C. The summed E-state index contributed by atoms with van der Waals surface area (Å²) in [7, 11) is 0. The fourth-order valence-electron chi connectivity index (χ4n) is 2.61. The molecule has 0 saturated heterocycles. The summed E-state index contributed by atoms with van der Waals surface area (Å²) >= 11 is 0. The number of aryl methyl sites for hydroxylation is 2. The van der Waals surface area contributed by atoms with Gasteiger partial charge in [-0.3, -0.25) is 4.98 Å². The number of aromatic nitrogens is 1. The number of nitrogens with one attached hydrogen (secondary N) is 1. The van der Waals surface area contributed by atoms with Gasteiger partial charge in [0.1, 0.15) is 0 Å².